The summed E-state index contributed by atoms with van der Waals surface area (Å²) in [5.41, 5.74) is 2.76. The van der Waals surface area contributed by atoms with Gasteiger partial charge in [-0.05, 0) is 60.7 Å². The Hall–Kier alpha value is -1.48. The van der Waals surface area contributed by atoms with Crippen LogP contribution < -0.4 is 4.72 Å². The standard InChI is InChI=1S/C15H16FNS/c1-3-12-7-8-13(10-15(12)16)17-18-14-6-4-5-11(2)9-14/h4-10,17H,3H2,1-2H3. The summed E-state index contributed by atoms with van der Waals surface area (Å²) in [5, 5.41) is 0. The van der Waals surface area contributed by atoms with Crippen LogP contribution in [-0.4, -0.2) is 0 Å². The largest absolute Gasteiger partial charge is 0.326 e. The number of hydrogen-bond acceptors (Lipinski definition) is 2. The van der Waals surface area contributed by atoms with Crippen LogP contribution in [0.3, 0.4) is 0 Å². The van der Waals surface area contributed by atoms with E-state index >= 15 is 0 Å². The second kappa shape index (κ2) is 5.91. The third kappa shape index (κ3) is 3.26. The molecule has 0 unspecified atom stereocenters. The van der Waals surface area contributed by atoms with Crippen LogP contribution in [0.15, 0.2) is 47.4 Å². The van der Waals surface area contributed by atoms with Crippen LogP contribution >= 0.6 is 11.9 Å². The molecule has 0 saturated heterocycles. The summed E-state index contributed by atoms with van der Waals surface area (Å²) >= 11 is 1.49. The van der Waals surface area contributed by atoms with Crippen LogP contribution in [0.4, 0.5) is 10.1 Å². The van der Waals surface area contributed by atoms with Crippen molar-refractivity contribution in [2.24, 2.45) is 0 Å². The van der Waals surface area contributed by atoms with Gasteiger partial charge in [0.25, 0.3) is 0 Å². The minimum atomic E-state index is -0.146. The van der Waals surface area contributed by atoms with Crippen molar-refractivity contribution < 1.29 is 4.39 Å². The maximum atomic E-state index is 13.6. The SMILES string of the molecule is CCc1ccc(NSc2cccc(C)c2)cc1F. The number of benzene rings is 2. The topological polar surface area (TPSA) is 12.0 Å². The van der Waals surface area contributed by atoms with Gasteiger partial charge in [-0.1, -0.05) is 25.1 Å². The first-order valence-electron chi connectivity index (χ1n) is 5.97. The van der Waals surface area contributed by atoms with Crippen LogP contribution in [0.2, 0.25) is 0 Å². The first-order valence-corrected chi connectivity index (χ1v) is 6.78. The Kier molecular flexibility index (Phi) is 4.26. The van der Waals surface area contributed by atoms with E-state index in [4.69, 9.17) is 0 Å². The molecule has 0 fully saturated rings. The quantitative estimate of drug-likeness (QED) is 0.792. The van der Waals surface area contributed by atoms with Gasteiger partial charge < -0.3 is 4.72 Å². The lowest BCUT2D eigenvalue weighted by molar-refractivity contribution is 0.613. The van der Waals surface area contributed by atoms with Crippen molar-refractivity contribution >= 4 is 17.6 Å². The molecular weight excluding hydrogens is 245 g/mol. The molecule has 0 aliphatic rings. The van der Waals surface area contributed by atoms with Crippen molar-refractivity contribution in [1.82, 2.24) is 0 Å². The number of aryl methyl sites for hydroxylation is 2. The fourth-order valence-electron chi connectivity index (χ4n) is 1.69. The van der Waals surface area contributed by atoms with Crippen LogP contribution in [0.5, 0.6) is 0 Å². The summed E-state index contributed by atoms with van der Waals surface area (Å²) in [7, 11) is 0. The molecule has 2 aromatic carbocycles. The fourth-order valence-corrected chi connectivity index (χ4v) is 2.45. The van der Waals surface area contributed by atoms with Gasteiger partial charge in [0, 0.05) is 10.6 Å². The zero-order valence-corrected chi connectivity index (χ0v) is 11.4. The van der Waals surface area contributed by atoms with Crippen molar-refractivity contribution in [1.29, 1.82) is 0 Å². The number of anilines is 1. The molecule has 94 valence electrons. The Morgan fingerprint density at radius 1 is 1.17 bits per heavy atom. The molecular formula is C15H16FNS. The molecule has 0 heterocycles. The van der Waals surface area contributed by atoms with Crippen molar-refractivity contribution in [2.45, 2.75) is 25.2 Å². The summed E-state index contributed by atoms with van der Waals surface area (Å²) in [6.45, 7) is 4.01. The summed E-state index contributed by atoms with van der Waals surface area (Å²) in [6.07, 6.45) is 0.719. The van der Waals surface area contributed by atoms with Gasteiger partial charge in [0.2, 0.25) is 0 Å². The van der Waals surface area contributed by atoms with E-state index in [9.17, 15) is 4.39 Å². The van der Waals surface area contributed by atoms with Gasteiger partial charge in [-0.25, -0.2) is 4.39 Å². The van der Waals surface area contributed by atoms with Crippen LogP contribution in [0.25, 0.3) is 0 Å². The Bertz CT molecular complexity index is 540. The van der Waals surface area contributed by atoms with Gasteiger partial charge >= 0.3 is 0 Å². The molecule has 0 aliphatic carbocycles. The molecule has 0 amide bonds. The summed E-state index contributed by atoms with van der Waals surface area (Å²) in [4.78, 5) is 1.12. The second-order valence-electron chi connectivity index (χ2n) is 4.18. The van der Waals surface area contributed by atoms with Crippen molar-refractivity contribution in [2.75, 3.05) is 4.72 Å². The van der Waals surface area contributed by atoms with E-state index in [0.717, 1.165) is 22.6 Å². The number of nitrogens with one attached hydrogen (secondary N) is 1. The van der Waals surface area contributed by atoms with E-state index in [2.05, 4.69) is 23.8 Å². The van der Waals surface area contributed by atoms with Gasteiger partial charge in [0.05, 0.1) is 0 Å². The van der Waals surface area contributed by atoms with E-state index in [-0.39, 0.29) is 5.82 Å². The molecule has 2 aromatic rings. The van der Waals surface area contributed by atoms with Gasteiger partial charge in [-0.15, -0.1) is 0 Å². The normalized spacial score (nSPS) is 10.4. The number of rotatable bonds is 4. The van der Waals surface area contributed by atoms with E-state index in [1.807, 2.05) is 31.2 Å². The third-order valence-corrected chi connectivity index (χ3v) is 3.54. The maximum absolute atomic E-state index is 13.6. The molecule has 18 heavy (non-hydrogen) atoms. The minimum absolute atomic E-state index is 0.146. The highest BCUT2D eigenvalue weighted by Crippen LogP contribution is 2.23. The molecule has 0 spiro atoms. The van der Waals surface area contributed by atoms with Crippen LogP contribution in [0.1, 0.15) is 18.1 Å². The second-order valence-corrected chi connectivity index (χ2v) is 5.06. The minimum Gasteiger partial charge on any atom is -0.326 e. The van der Waals surface area contributed by atoms with E-state index in [1.165, 1.54) is 17.5 Å². The summed E-state index contributed by atoms with van der Waals surface area (Å²) < 4.78 is 16.7. The fraction of sp³-hybridized carbons (Fsp3) is 0.200. The Labute approximate surface area is 112 Å². The molecule has 3 heteroatoms. The van der Waals surface area contributed by atoms with Crippen molar-refractivity contribution in [3.63, 3.8) is 0 Å². The highest BCUT2D eigenvalue weighted by atomic mass is 32.2. The lowest BCUT2D eigenvalue weighted by atomic mass is 10.1. The first kappa shape index (κ1) is 13.0. The van der Waals surface area contributed by atoms with Crippen molar-refractivity contribution in [3.05, 3.63) is 59.4 Å². The summed E-state index contributed by atoms with van der Waals surface area (Å²) in [5.74, 6) is -0.146. The van der Waals surface area contributed by atoms with E-state index in [0.29, 0.717) is 0 Å². The zero-order valence-electron chi connectivity index (χ0n) is 10.5. The number of halogens is 1. The maximum Gasteiger partial charge on any atom is 0.128 e. The van der Waals surface area contributed by atoms with Gasteiger partial charge in [0.15, 0.2) is 0 Å². The van der Waals surface area contributed by atoms with Gasteiger partial charge in [-0.2, -0.15) is 0 Å². The van der Waals surface area contributed by atoms with Crippen LogP contribution in [-0.2, 0) is 6.42 Å². The smallest absolute Gasteiger partial charge is 0.128 e. The monoisotopic (exact) mass is 261 g/mol. The molecule has 1 nitrogen and oxygen atoms in total. The average Bonchev–Trinajstić information content (AvgIpc) is 2.37. The lowest BCUT2D eigenvalue weighted by Gasteiger charge is -2.07. The molecule has 0 aliphatic heterocycles. The van der Waals surface area contributed by atoms with Crippen molar-refractivity contribution in [3.8, 4) is 0 Å². The van der Waals surface area contributed by atoms with E-state index in [1.54, 1.807) is 6.07 Å². The molecule has 0 bridgehead atoms. The molecule has 0 aromatic heterocycles. The first-order chi connectivity index (χ1) is 8.69. The Morgan fingerprint density at radius 2 is 2.00 bits per heavy atom. The van der Waals surface area contributed by atoms with Crippen LogP contribution in [0, 0.1) is 12.7 Å². The Balaban J connectivity index is 2.04. The predicted octanol–water partition coefficient (Wildman–Crippen LogP) is 4.82. The lowest BCUT2D eigenvalue weighted by Crippen LogP contribution is -1.92. The highest BCUT2D eigenvalue weighted by Gasteiger charge is 2.02. The van der Waals surface area contributed by atoms with Gasteiger partial charge in [0.1, 0.15) is 5.82 Å². The zero-order chi connectivity index (χ0) is 13.0. The molecule has 2 rings (SSSR count). The highest BCUT2D eigenvalue weighted by molar-refractivity contribution is 8.00. The van der Waals surface area contributed by atoms with E-state index < -0.39 is 0 Å². The molecule has 0 radical (unpaired) electrons. The molecule has 0 saturated carbocycles. The third-order valence-electron chi connectivity index (χ3n) is 2.71. The molecule has 1 N–H and O–H groups in total. The number of hydrogen-bond donors (Lipinski definition) is 1. The predicted molar refractivity (Wildman–Crippen MR) is 76.4 cm³/mol. The van der Waals surface area contributed by atoms with Gasteiger partial charge in [-0.3, -0.25) is 0 Å². The molecule has 0 atom stereocenters. The average molecular weight is 261 g/mol. The summed E-state index contributed by atoms with van der Waals surface area (Å²) in [6, 6.07) is 13.5. The Morgan fingerprint density at radius 3 is 2.67 bits per heavy atom.